The Kier molecular flexibility index (Phi) is 1.88. The molecule has 0 aromatic rings. The van der Waals surface area contributed by atoms with Gasteiger partial charge in [-0.3, -0.25) is 5.41 Å². The van der Waals surface area contributed by atoms with Crippen molar-refractivity contribution in [3.05, 3.63) is 12.2 Å². The zero-order valence-corrected chi connectivity index (χ0v) is 5.72. The molecule has 1 heterocycles. The maximum atomic E-state index is 7.28. The molecule has 0 unspecified atom stereocenters. The third-order valence-electron chi connectivity index (χ3n) is 1.53. The van der Waals surface area contributed by atoms with Crippen LogP contribution in [0.2, 0.25) is 0 Å². The molecule has 0 aromatic carbocycles. The van der Waals surface area contributed by atoms with Crippen LogP contribution < -0.4 is 0 Å². The van der Waals surface area contributed by atoms with E-state index in [1.165, 1.54) is 0 Å². The molecule has 1 rings (SSSR count). The van der Waals surface area contributed by atoms with Gasteiger partial charge in [-0.2, -0.15) is 0 Å². The number of hydrogen-bond donors (Lipinski definition) is 1. The van der Waals surface area contributed by atoms with Gasteiger partial charge in [-0.05, 0) is 13.3 Å². The van der Waals surface area contributed by atoms with Gasteiger partial charge in [0, 0.05) is 13.1 Å². The summed E-state index contributed by atoms with van der Waals surface area (Å²) in [7, 11) is 0. The lowest BCUT2D eigenvalue weighted by Gasteiger charge is -2.23. The minimum atomic E-state index is 0.680. The van der Waals surface area contributed by atoms with Gasteiger partial charge in [-0.25, -0.2) is 0 Å². The zero-order valence-electron chi connectivity index (χ0n) is 5.72. The van der Waals surface area contributed by atoms with E-state index in [2.05, 4.69) is 17.1 Å². The van der Waals surface area contributed by atoms with Crippen molar-refractivity contribution in [2.75, 3.05) is 13.1 Å². The summed E-state index contributed by atoms with van der Waals surface area (Å²) in [5.41, 5.74) is 0. The highest BCUT2D eigenvalue weighted by Crippen LogP contribution is 2.00. The zero-order chi connectivity index (χ0) is 6.69. The molecule has 0 atom stereocenters. The molecule has 1 N–H and O–H groups in total. The molecular weight excluding hydrogens is 112 g/mol. The van der Waals surface area contributed by atoms with Gasteiger partial charge in [0.2, 0.25) is 0 Å². The minimum Gasteiger partial charge on any atom is -0.357 e. The molecule has 0 saturated heterocycles. The van der Waals surface area contributed by atoms with Gasteiger partial charge in [-0.1, -0.05) is 12.2 Å². The van der Waals surface area contributed by atoms with Crippen LogP contribution in [0.3, 0.4) is 0 Å². The van der Waals surface area contributed by atoms with Crippen molar-refractivity contribution in [1.82, 2.24) is 4.90 Å². The highest BCUT2D eigenvalue weighted by Gasteiger charge is 2.03. The van der Waals surface area contributed by atoms with Crippen LogP contribution in [0.25, 0.3) is 0 Å². The molecule has 2 nitrogen and oxygen atoms in total. The summed E-state index contributed by atoms with van der Waals surface area (Å²) in [4.78, 5) is 2.06. The summed E-state index contributed by atoms with van der Waals surface area (Å²) in [5, 5.41) is 7.28. The predicted octanol–water partition coefficient (Wildman–Crippen LogP) is 1.25. The summed E-state index contributed by atoms with van der Waals surface area (Å²) in [6.07, 6.45) is 5.37. The number of nitrogens with one attached hydrogen (secondary N) is 1. The minimum absolute atomic E-state index is 0.680. The van der Waals surface area contributed by atoms with Crippen molar-refractivity contribution in [2.45, 2.75) is 13.3 Å². The van der Waals surface area contributed by atoms with E-state index < -0.39 is 0 Å². The van der Waals surface area contributed by atoms with E-state index in [1.54, 1.807) is 0 Å². The standard InChI is InChI=1S/C7H12N2/c1-7(8)9-5-3-2-4-6-9/h2-3,8H,4-6H2,1H3. The van der Waals surface area contributed by atoms with Gasteiger partial charge in [0.1, 0.15) is 0 Å². The van der Waals surface area contributed by atoms with Gasteiger partial charge in [0.25, 0.3) is 0 Å². The second-order valence-electron chi connectivity index (χ2n) is 2.29. The van der Waals surface area contributed by atoms with E-state index in [0.717, 1.165) is 19.5 Å². The highest BCUT2D eigenvalue weighted by atomic mass is 15.2. The molecule has 2 heteroatoms. The molecule has 50 valence electrons. The van der Waals surface area contributed by atoms with Crippen LogP contribution in [0, 0.1) is 5.41 Å². The number of amidine groups is 1. The van der Waals surface area contributed by atoms with Crippen LogP contribution in [0.15, 0.2) is 12.2 Å². The van der Waals surface area contributed by atoms with E-state index in [9.17, 15) is 0 Å². The largest absolute Gasteiger partial charge is 0.357 e. The van der Waals surface area contributed by atoms with E-state index >= 15 is 0 Å². The first-order valence-corrected chi connectivity index (χ1v) is 3.26. The SMILES string of the molecule is CC(=N)N1CC=CCC1. The maximum Gasteiger partial charge on any atom is 0.0928 e. The molecular formula is C7H12N2. The van der Waals surface area contributed by atoms with Crippen molar-refractivity contribution in [3.63, 3.8) is 0 Å². The van der Waals surface area contributed by atoms with Gasteiger partial charge >= 0.3 is 0 Å². The summed E-state index contributed by atoms with van der Waals surface area (Å²) in [5.74, 6) is 0.680. The van der Waals surface area contributed by atoms with Crippen LogP contribution in [0.1, 0.15) is 13.3 Å². The monoisotopic (exact) mass is 124 g/mol. The number of hydrogen-bond acceptors (Lipinski definition) is 1. The van der Waals surface area contributed by atoms with Crippen molar-refractivity contribution in [2.24, 2.45) is 0 Å². The van der Waals surface area contributed by atoms with E-state index in [1.807, 2.05) is 6.92 Å². The van der Waals surface area contributed by atoms with Crippen molar-refractivity contribution >= 4 is 5.84 Å². The topological polar surface area (TPSA) is 27.1 Å². The average Bonchev–Trinajstić information content (AvgIpc) is 1.90. The molecule has 0 aromatic heterocycles. The van der Waals surface area contributed by atoms with Gasteiger partial charge < -0.3 is 4.90 Å². The van der Waals surface area contributed by atoms with Crippen LogP contribution in [0.4, 0.5) is 0 Å². The highest BCUT2D eigenvalue weighted by molar-refractivity contribution is 5.76. The molecule has 1 aliphatic rings. The molecule has 0 fully saturated rings. The predicted molar refractivity (Wildman–Crippen MR) is 38.7 cm³/mol. The summed E-state index contributed by atoms with van der Waals surface area (Å²) < 4.78 is 0. The molecule has 0 bridgehead atoms. The maximum absolute atomic E-state index is 7.28. The molecule has 0 saturated carbocycles. The second-order valence-corrected chi connectivity index (χ2v) is 2.29. The van der Waals surface area contributed by atoms with Crippen LogP contribution in [-0.2, 0) is 0 Å². The molecule has 0 radical (unpaired) electrons. The molecule has 0 spiro atoms. The lowest BCUT2D eigenvalue weighted by Crippen LogP contribution is -2.30. The Morgan fingerprint density at radius 3 is 2.67 bits per heavy atom. The van der Waals surface area contributed by atoms with Gasteiger partial charge in [-0.15, -0.1) is 0 Å². The fourth-order valence-corrected chi connectivity index (χ4v) is 0.946. The summed E-state index contributed by atoms with van der Waals surface area (Å²) in [6.45, 7) is 3.78. The molecule has 0 aliphatic carbocycles. The Labute approximate surface area is 55.7 Å². The molecule has 1 aliphatic heterocycles. The number of nitrogens with zero attached hydrogens (tertiary/aromatic N) is 1. The Balaban J connectivity index is 2.44. The fraction of sp³-hybridized carbons (Fsp3) is 0.571. The first kappa shape index (κ1) is 6.33. The first-order valence-electron chi connectivity index (χ1n) is 3.26. The lowest BCUT2D eigenvalue weighted by molar-refractivity contribution is 0.449. The number of rotatable bonds is 0. The third-order valence-corrected chi connectivity index (χ3v) is 1.53. The summed E-state index contributed by atoms with van der Waals surface area (Å²) in [6, 6.07) is 0. The van der Waals surface area contributed by atoms with Gasteiger partial charge in [0.15, 0.2) is 0 Å². The Hall–Kier alpha value is -0.790. The fourth-order valence-electron chi connectivity index (χ4n) is 0.946. The van der Waals surface area contributed by atoms with E-state index in [4.69, 9.17) is 5.41 Å². The van der Waals surface area contributed by atoms with Crippen molar-refractivity contribution < 1.29 is 0 Å². The van der Waals surface area contributed by atoms with Gasteiger partial charge in [0.05, 0.1) is 5.84 Å². The Bertz CT molecular complexity index is 138. The summed E-state index contributed by atoms with van der Waals surface area (Å²) >= 11 is 0. The van der Waals surface area contributed by atoms with Crippen molar-refractivity contribution in [1.29, 1.82) is 5.41 Å². The molecule has 0 amide bonds. The molecule has 9 heavy (non-hydrogen) atoms. The lowest BCUT2D eigenvalue weighted by atomic mass is 10.2. The normalized spacial score (nSPS) is 18.1. The van der Waals surface area contributed by atoms with Crippen molar-refractivity contribution in [3.8, 4) is 0 Å². The Morgan fingerprint density at radius 1 is 1.56 bits per heavy atom. The van der Waals surface area contributed by atoms with Crippen LogP contribution in [0.5, 0.6) is 0 Å². The van der Waals surface area contributed by atoms with Crippen LogP contribution in [-0.4, -0.2) is 23.8 Å². The Morgan fingerprint density at radius 2 is 2.33 bits per heavy atom. The van der Waals surface area contributed by atoms with E-state index in [-0.39, 0.29) is 0 Å². The third kappa shape index (κ3) is 1.56. The van der Waals surface area contributed by atoms with E-state index in [0.29, 0.717) is 5.84 Å². The van der Waals surface area contributed by atoms with Crippen LogP contribution >= 0.6 is 0 Å². The average molecular weight is 124 g/mol. The smallest absolute Gasteiger partial charge is 0.0928 e. The quantitative estimate of drug-likeness (QED) is 0.293. The first-order chi connectivity index (χ1) is 4.30. The second kappa shape index (κ2) is 2.67.